The van der Waals surface area contributed by atoms with Crippen LogP contribution >= 0.6 is 12.4 Å². The highest BCUT2D eigenvalue weighted by Crippen LogP contribution is 2.31. The fourth-order valence-corrected chi connectivity index (χ4v) is 4.17. The summed E-state index contributed by atoms with van der Waals surface area (Å²) in [5, 5.41) is 3.67. The number of halogens is 1. The van der Waals surface area contributed by atoms with E-state index in [1.807, 2.05) is 43.3 Å². The molecule has 1 aliphatic heterocycles. The molecule has 10 heteroatoms. The predicted octanol–water partition coefficient (Wildman–Crippen LogP) is 4.63. The van der Waals surface area contributed by atoms with Crippen molar-refractivity contribution in [3.63, 3.8) is 0 Å². The van der Waals surface area contributed by atoms with Gasteiger partial charge in [0.25, 0.3) is 0 Å². The van der Waals surface area contributed by atoms with Gasteiger partial charge in [0.1, 0.15) is 28.7 Å². The monoisotopic (exact) mass is 533 g/mol. The number of nitrogens with two attached hydrogens (primary N) is 1. The van der Waals surface area contributed by atoms with Crippen molar-refractivity contribution in [1.82, 2.24) is 14.9 Å². The summed E-state index contributed by atoms with van der Waals surface area (Å²) in [6.07, 6.45) is 9.36. The molecular formula is C28H28ClN5O4. The van der Waals surface area contributed by atoms with Crippen LogP contribution in [0.15, 0.2) is 65.5 Å². The predicted molar refractivity (Wildman–Crippen MR) is 147 cm³/mol. The molecule has 0 unspecified atom stereocenters. The number of carbonyl (C=O) groups excluding carboxylic acids is 2. The zero-order valence-corrected chi connectivity index (χ0v) is 21.8. The number of nitrogens with zero attached hydrogens (tertiary/aromatic N) is 3. The maximum absolute atomic E-state index is 12.8. The Morgan fingerprint density at radius 1 is 1.26 bits per heavy atom. The zero-order valence-electron chi connectivity index (χ0n) is 21.0. The molecule has 0 radical (unpaired) electrons. The molecule has 3 aromatic heterocycles. The molecule has 4 aromatic rings. The summed E-state index contributed by atoms with van der Waals surface area (Å²) in [6, 6.07) is 10.6. The second-order valence-corrected chi connectivity index (χ2v) is 9.04. The summed E-state index contributed by atoms with van der Waals surface area (Å²) in [6.45, 7) is 2.28. The molecule has 2 amide bonds. The summed E-state index contributed by atoms with van der Waals surface area (Å²) < 4.78 is 11.9. The van der Waals surface area contributed by atoms with Gasteiger partial charge in [-0.1, -0.05) is 0 Å². The number of aromatic nitrogens is 2. The fraction of sp³-hybridized carbons (Fsp3) is 0.214. The van der Waals surface area contributed by atoms with E-state index in [0.29, 0.717) is 42.5 Å². The molecule has 3 N–H and O–H groups in total. The van der Waals surface area contributed by atoms with E-state index in [9.17, 15) is 9.59 Å². The lowest BCUT2D eigenvalue weighted by Gasteiger charge is -2.14. The SMILES string of the molecule is Cc1c(CN(C)C(=O)/C=C/c2cnc3c(c2)CC[C@H](N)C(=O)N3)oc2ccc(Oc3cccnc3)cc12.Cl. The van der Waals surface area contributed by atoms with E-state index in [-0.39, 0.29) is 24.2 Å². The Morgan fingerprint density at radius 3 is 2.89 bits per heavy atom. The Morgan fingerprint density at radius 2 is 2.11 bits per heavy atom. The molecule has 0 bridgehead atoms. The number of carbonyl (C=O) groups is 2. The van der Waals surface area contributed by atoms with Crippen LogP contribution in [0.1, 0.15) is 28.9 Å². The van der Waals surface area contributed by atoms with Crippen molar-refractivity contribution in [2.75, 3.05) is 12.4 Å². The van der Waals surface area contributed by atoms with E-state index in [2.05, 4.69) is 15.3 Å². The smallest absolute Gasteiger partial charge is 0.246 e. The van der Waals surface area contributed by atoms with Crippen LogP contribution in [0.5, 0.6) is 11.5 Å². The number of benzene rings is 1. The lowest BCUT2D eigenvalue weighted by molar-refractivity contribution is -0.125. The molecule has 0 saturated carbocycles. The molecule has 0 saturated heterocycles. The Bertz CT molecular complexity index is 1500. The van der Waals surface area contributed by atoms with E-state index in [0.717, 1.165) is 27.7 Å². The average Bonchev–Trinajstić information content (AvgIpc) is 3.13. The molecule has 5 rings (SSSR count). The Kier molecular flexibility index (Phi) is 8.09. The molecule has 0 fully saturated rings. The molecule has 0 aliphatic carbocycles. The minimum Gasteiger partial charge on any atom is -0.459 e. The average molecular weight is 534 g/mol. The molecule has 0 spiro atoms. The third-order valence-corrected chi connectivity index (χ3v) is 6.34. The van der Waals surface area contributed by atoms with Gasteiger partial charge >= 0.3 is 0 Å². The zero-order chi connectivity index (χ0) is 25.9. The molecule has 1 aliphatic rings. The van der Waals surface area contributed by atoms with Crippen molar-refractivity contribution in [2.24, 2.45) is 5.73 Å². The van der Waals surface area contributed by atoms with Crippen molar-refractivity contribution in [3.05, 3.63) is 83.5 Å². The van der Waals surface area contributed by atoms with E-state index in [1.54, 1.807) is 36.6 Å². The third kappa shape index (κ3) is 5.85. The molecule has 1 aromatic carbocycles. The van der Waals surface area contributed by atoms with Crippen LogP contribution in [0.3, 0.4) is 0 Å². The van der Waals surface area contributed by atoms with Gasteiger partial charge in [0.05, 0.1) is 18.8 Å². The topological polar surface area (TPSA) is 124 Å². The van der Waals surface area contributed by atoms with Gasteiger partial charge < -0.3 is 25.1 Å². The van der Waals surface area contributed by atoms with Crippen LogP contribution in [0, 0.1) is 6.92 Å². The third-order valence-electron chi connectivity index (χ3n) is 6.34. The van der Waals surface area contributed by atoms with Crippen molar-refractivity contribution < 1.29 is 18.7 Å². The number of aryl methyl sites for hydroxylation is 2. The van der Waals surface area contributed by atoms with Gasteiger partial charge in [-0.2, -0.15) is 0 Å². The van der Waals surface area contributed by atoms with Gasteiger partial charge in [0, 0.05) is 36.5 Å². The standard InChI is InChI=1S/C28H27N5O4.ClH/c1-17-22-13-20(36-21-4-3-11-30-15-21)7-9-24(22)37-25(17)16-33(2)26(34)10-5-18-12-19-6-8-23(29)28(35)32-27(19)31-14-18;/h3-5,7,9-15,23H,6,8,16,29H2,1-2H3,(H,31,32,35);1H/b10-5+;/t23-;/m0./s1. The number of amides is 2. The summed E-state index contributed by atoms with van der Waals surface area (Å²) in [5.41, 5.74) is 9.19. The number of fused-ring (bicyclic) bond motifs is 2. The molecule has 9 nitrogen and oxygen atoms in total. The summed E-state index contributed by atoms with van der Waals surface area (Å²) in [4.78, 5) is 34.7. The van der Waals surface area contributed by atoms with Gasteiger partial charge in [-0.05, 0) is 73.4 Å². The van der Waals surface area contributed by atoms with Crippen LogP contribution in [-0.4, -0.2) is 39.8 Å². The summed E-state index contributed by atoms with van der Waals surface area (Å²) in [5.74, 6) is 2.15. The maximum Gasteiger partial charge on any atom is 0.246 e. The first kappa shape index (κ1) is 26.8. The van der Waals surface area contributed by atoms with Crippen LogP contribution in [0.2, 0.25) is 0 Å². The van der Waals surface area contributed by atoms with Crippen molar-refractivity contribution in [2.45, 2.75) is 32.4 Å². The minimum atomic E-state index is -0.551. The number of hydrogen-bond donors (Lipinski definition) is 2. The number of anilines is 1. The highest BCUT2D eigenvalue weighted by molar-refractivity contribution is 5.95. The van der Waals surface area contributed by atoms with Crippen LogP contribution < -0.4 is 15.8 Å². The van der Waals surface area contributed by atoms with Gasteiger partial charge in [-0.25, -0.2) is 4.98 Å². The molecule has 196 valence electrons. The lowest BCUT2D eigenvalue weighted by Crippen LogP contribution is -2.34. The first-order valence-corrected chi connectivity index (χ1v) is 12.0. The van der Waals surface area contributed by atoms with Gasteiger partial charge in [0.2, 0.25) is 11.8 Å². The lowest BCUT2D eigenvalue weighted by atomic mass is 10.1. The second-order valence-electron chi connectivity index (χ2n) is 9.04. The van der Waals surface area contributed by atoms with Crippen LogP contribution in [0.25, 0.3) is 17.0 Å². The van der Waals surface area contributed by atoms with Crippen molar-refractivity contribution in [1.29, 1.82) is 0 Å². The van der Waals surface area contributed by atoms with Gasteiger partial charge in [0.15, 0.2) is 0 Å². The molecular weight excluding hydrogens is 506 g/mol. The van der Waals surface area contributed by atoms with E-state index < -0.39 is 6.04 Å². The molecule has 38 heavy (non-hydrogen) atoms. The van der Waals surface area contributed by atoms with E-state index in [1.165, 1.54) is 6.08 Å². The van der Waals surface area contributed by atoms with Gasteiger partial charge in [-0.3, -0.25) is 14.6 Å². The largest absolute Gasteiger partial charge is 0.459 e. The normalized spacial score (nSPS) is 14.9. The van der Waals surface area contributed by atoms with E-state index >= 15 is 0 Å². The van der Waals surface area contributed by atoms with Crippen molar-refractivity contribution >= 4 is 47.1 Å². The summed E-state index contributed by atoms with van der Waals surface area (Å²) >= 11 is 0. The fourth-order valence-electron chi connectivity index (χ4n) is 4.17. The highest BCUT2D eigenvalue weighted by Gasteiger charge is 2.21. The number of pyridine rings is 2. The quantitative estimate of drug-likeness (QED) is 0.346. The minimum absolute atomic E-state index is 0. The van der Waals surface area contributed by atoms with Crippen LogP contribution in [0.4, 0.5) is 5.82 Å². The number of likely N-dealkylation sites (N-methyl/N-ethyl adjacent to an activating group) is 1. The summed E-state index contributed by atoms with van der Waals surface area (Å²) in [7, 11) is 1.72. The van der Waals surface area contributed by atoms with Gasteiger partial charge in [-0.15, -0.1) is 12.4 Å². The van der Waals surface area contributed by atoms with Crippen LogP contribution in [-0.2, 0) is 22.6 Å². The molecule has 1 atom stereocenters. The maximum atomic E-state index is 12.8. The Labute approximate surface area is 226 Å². The first-order chi connectivity index (χ1) is 17.9. The number of nitrogens with one attached hydrogen (secondary N) is 1. The highest BCUT2D eigenvalue weighted by atomic mass is 35.5. The Balaban J connectivity index is 0.00000336. The number of hydrogen-bond acceptors (Lipinski definition) is 7. The van der Waals surface area contributed by atoms with E-state index in [4.69, 9.17) is 14.9 Å². The second kappa shape index (κ2) is 11.5. The molecule has 4 heterocycles. The first-order valence-electron chi connectivity index (χ1n) is 12.0. The number of ether oxygens (including phenoxy) is 1. The Hall–Kier alpha value is -4.21. The number of furan rings is 1. The number of rotatable bonds is 6. The van der Waals surface area contributed by atoms with Crippen molar-refractivity contribution in [3.8, 4) is 11.5 Å².